The molecule has 1 aromatic heterocycles. The predicted molar refractivity (Wildman–Crippen MR) is 103 cm³/mol. The lowest BCUT2D eigenvalue weighted by atomic mass is 10.2. The fraction of sp³-hybridized carbons (Fsp3) is 0.222. The van der Waals surface area contributed by atoms with Gasteiger partial charge in [-0.25, -0.2) is 0 Å². The molecule has 0 fully saturated rings. The Morgan fingerprint density at radius 3 is 2.31 bits per heavy atom. The van der Waals surface area contributed by atoms with E-state index in [1.165, 1.54) is 11.8 Å². The highest BCUT2D eigenvalue weighted by Crippen LogP contribution is 2.36. The molecule has 3 aromatic rings. The minimum absolute atomic E-state index is 0.474. The summed E-state index contributed by atoms with van der Waals surface area (Å²) in [7, 11) is 4.85. The van der Waals surface area contributed by atoms with Crippen LogP contribution in [0.25, 0.3) is 11.5 Å². The molecule has 0 bridgehead atoms. The van der Waals surface area contributed by atoms with Crippen LogP contribution in [0.3, 0.4) is 0 Å². The maximum atomic E-state index is 5.73. The first-order valence-electron chi connectivity index (χ1n) is 7.65. The number of ether oxygens (including phenoxy) is 3. The Bertz CT molecular complexity index is 883. The van der Waals surface area contributed by atoms with Gasteiger partial charge in [-0.3, -0.25) is 0 Å². The lowest BCUT2D eigenvalue weighted by Gasteiger charge is -2.11. The quantitative estimate of drug-likeness (QED) is 0.491. The molecule has 3 rings (SSSR count). The second-order valence-electron chi connectivity index (χ2n) is 5.19. The molecule has 0 unspecified atom stereocenters. The van der Waals surface area contributed by atoms with Crippen LogP contribution in [-0.2, 0) is 5.75 Å². The van der Waals surface area contributed by atoms with E-state index in [1.807, 2.05) is 36.4 Å². The number of hydrogen-bond donors (Lipinski definition) is 0. The molecule has 0 atom stereocenters. The van der Waals surface area contributed by atoms with E-state index in [9.17, 15) is 0 Å². The number of benzene rings is 2. The van der Waals surface area contributed by atoms with Crippen LogP contribution in [0, 0.1) is 0 Å². The van der Waals surface area contributed by atoms with Crippen molar-refractivity contribution in [2.45, 2.75) is 11.0 Å². The lowest BCUT2D eigenvalue weighted by Crippen LogP contribution is -1.93. The number of rotatable bonds is 7. The summed E-state index contributed by atoms with van der Waals surface area (Å²) in [6.45, 7) is 0. The molecular formula is C18H17BrN2O4S. The first-order chi connectivity index (χ1) is 12.6. The van der Waals surface area contributed by atoms with Crippen LogP contribution in [0.1, 0.15) is 5.56 Å². The van der Waals surface area contributed by atoms with Gasteiger partial charge >= 0.3 is 0 Å². The average Bonchev–Trinajstić information content (AvgIpc) is 3.15. The summed E-state index contributed by atoms with van der Waals surface area (Å²) in [5.74, 6) is 3.25. The Kier molecular flexibility index (Phi) is 6.05. The Morgan fingerprint density at radius 1 is 0.962 bits per heavy atom. The molecule has 1 heterocycles. The predicted octanol–water partition coefficient (Wildman–Crippen LogP) is 4.82. The maximum absolute atomic E-state index is 5.73. The number of thioether (sulfide) groups is 1. The van der Waals surface area contributed by atoms with Gasteiger partial charge in [0.2, 0.25) is 5.89 Å². The summed E-state index contributed by atoms with van der Waals surface area (Å²) < 4.78 is 22.5. The fourth-order valence-corrected chi connectivity index (χ4v) is 3.67. The first kappa shape index (κ1) is 18.6. The molecule has 0 saturated heterocycles. The smallest absolute Gasteiger partial charge is 0.277 e. The SMILES string of the molecule is COc1ccc(-c2nnc(SCc3cc(OC)c(OC)cc3Br)o2)cc1. The maximum Gasteiger partial charge on any atom is 0.277 e. The molecule has 26 heavy (non-hydrogen) atoms. The van der Waals surface area contributed by atoms with Gasteiger partial charge in [0.15, 0.2) is 11.5 Å². The van der Waals surface area contributed by atoms with Crippen molar-refractivity contribution >= 4 is 27.7 Å². The van der Waals surface area contributed by atoms with Gasteiger partial charge in [0, 0.05) is 15.8 Å². The summed E-state index contributed by atoms with van der Waals surface area (Å²) in [6.07, 6.45) is 0. The van der Waals surface area contributed by atoms with Crippen LogP contribution in [0.4, 0.5) is 0 Å². The molecule has 2 aromatic carbocycles. The third-order valence-corrected chi connectivity index (χ3v) is 5.25. The molecule has 0 spiro atoms. The third-order valence-electron chi connectivity index (χ3n) is 3.65. The van der Waals surface area contributed by atoms with E-state index in [0.29, 0.717) is 28.4 Å². The van der Waals surface area contributed by atoms with Crippen LogP contribution in [-0.4, -0.2) is 31.5 Å². The minimum Gasteiger partial charge on any atom is -0.497 e. The normalized spacial score (nSPS) is 10.6. The van der Waals surface area contributed by atoms with Gasteiger partial charge < -0.3 is 18.6 Å². The van der Waals surface area contributed by atoms with E-state index in [-0.39, 0.29) is 0 Å². The highest BCUT2D eigenvalue weighted by Gasteiger charge is 2.13. The molecule has 0 saturated carbocycles. The molecule has 8 heteroatoms. The van der Waals surface area contributed by atoms with E-state index in [4.69, 9.17) is 18.6 Å². The van der Waals surface area contributed by atoms with E-state index < -0.39 is 0 Å². The molecule has 6 nitrogen and oxygen atoms in total. The van der Waals surface area contributed by atoms with Crippen LogP contribution in [0.2, 0.25) is 0 Å². The molecule has 0 radical (unpaired) electrons. The number of nitrogens with zero attached hydrogens (tertiary/aromatic N) is 2. The summed E-state index contributed by atoms with van der Waals surface area (Å²) in [4.78, 5) is 0. The first-order valence-corrected chi connectivity index (χ1v) is 9.43. The minimum atomic E-state index is 0.474. The highest BCUT2D eigenvalue weighted by atomic mass is 79.9. The summed E-state index contributed by atoms with van der Waals surface area (Å²) in [5, 5.41) is 8.70. The van der Waals surface area contributed by atoms with Gasteiger partial charge in [-0.05, 0) is 42.0 Å². The summed E-state index contributed by atoms with van der Waals surface area (Å²) in [6, 6.07) is 11.3. The Hall–Kier alpha value is -2.19. The van der Waals surface area contributed by atoms with Crippen molar-refractivity contribution in [3.63, 3.8) is 0 Å². The van der Waals surface area contributed by atoms with Gasteiger partial charge in [-0.1, -0.05) is 27.7 Å². The number of aromatic nitrogens is 2. The Labute approximate surface area is 164 Å². The molecule has 136 valence electrons. The average molecular weight is 437 g/mol. The van der Waals surface area contributed by atoms with Crippen molar-refractivity contribution in [3.8, 4) is 28.7 Å². The Morgan fingerprint density at radius 2 is 1.65 bits per heavy atom. The van der Waals surface area contributed by atoms with Crippen LogP contribution in [0.5, 0.6) is 17.2 Å². The van der Waals surface area contributed by atoms with E-state index >= 15 is 0 Å². The largest absolute Gasteiger partial charge is 0.497 e. The number of halogens is 1. The van der Waals surface area contributed by atoms with Crippen LogP contribution in [0.15, 0.2) is 50.5 Å². The standard InChI is InChI=1S/C18H17BrN2O4S/c1-22-13-6-4-11(5-7-13)17-20-21-18(25-17)26-10-12-8-15(23-2)16(24-3)9-14(12)19/h4-9H,10H2,1-3H3. The van der Waals surface area contributed by atoms with Gasteiger partial charge in [-0.2, -0.15) is 0 Å². The van der Waals surface area contributed by atoms with Gasteiger partial charge in [0.1, 0.15) is 5.75 Å². The second kappa shape index (κ2) is 8.46. The monoisotopic (exact) mass is 436 g/mol. The van der Waals surface area contributed by atoms with Crippen molar-refractivity contribution in [2.75, 3.05) is 21.3 Å². The molecule has 0 amide bonds. The van der Waals surface area contributed by atoms with E-state index in [1.54, 1.807) is 21.3 Å². The van der Waals surface area contributed by atoms with Crippen LogP contribution < -0.4 is 14.2 Å². The van der Waals surface area contributed by atoms with E-state index in [2.05, 4.69) is 26.1 Å². The van der Waals surface area contributed by atoms with Crippen molar-refractivity contribution < 1.29 is 18.6 Å². The molecule has 0 aliphatic heterocycles. The zero-order valence-electron chi connectivity index (χ0n) is 14.5. The molecule has 0 aliphatic carbocycles. The topological polar surface area (TPSA) is 66.6 Å². The molecular weight excluding hydrogens is 420 g/mol. The van der Waals surface area contributed by atoms with Gasteiger partial charge in [0.25, 0.3) is 5.22 Å². The summed E-state index contributed by atoms with van der Waals surface area (Å²) in [5.41, 5.74) is 1.88. The summed E-state index contributed by atoms with van der Waals surface area (Å²) >= 11 is 5.01. The van der Waals surface area contributed by atoms with Crippen molar-refractivity contribution in [2.24, 2.45) is 0 Å². The van der Waals surface area contributed by atoms with Crippen molar-refractivity contribution in [1.82, 2.24) is 10.2 Å². The number of methoxy groups -OCH3 is 3. The van der Waals surface area contributed by atoms with Crippen molar-refractivity contribution in [3.05, 3.63) is 46.4 Å². The molecule has 0 aliphatic rings. The second-order valence-corrected chi connectivity index (χ2v) is 6.97. The Balaban J connectivity index is 1.72. The van der Waals surface area contributed by atoms with E-state index in [0.717, 1.165) is 21.3 Å². The van der Waals surface area contributed by atoms with Gasteiger partial charge in [0.05, 0.1) is 21.3 Å². The third kappa shape index (κ3) is 4.13. The fourth-order valence-electron chi connectivity index (χ4n) is 2.26. The zero-order chi connectivity index (χ0) is 18.5. The zero-order valence-corrected chi connectivity index (χ0v) is 16.9. The molecule has 0 N–H and O–H groups in total. The number of hydrogen-bond acceptors (Lipinski definition) is 7. The van der Waals surface area contributed by atoms with Gasteiger partial charge in [-0.15, -0.1) is 10.2 Å². The van der Waals surface area contributed by atoms with Crippen molar-refractivity contribution in [1.29, 1.82) is 0 Å². The lowest BCUT2D eigenvalue weighted by molar-refractivity contribution is 0.354. The van der Waals surface area contributed by atoms with Crippen LogP contribution >= 0.6 is 27.7 Å². The highest BCUT2D eigenvalue weighted by molar-refractivity contribution is 9.10.